The van der Waals surface area contributed by atoms with Crippen LogP contribution in [0.4, 0.5) is 0 Å². The quantitative estimate of drug-likeness (QED) is 0.494. The van der Waals surface area contributed by atoms with E-state index in [2.05, 4.69) is 71.3 Å². The van der Waals surface area contributed by atoms with Gasteiger partial charge in [0.25, 0.3) is 0 Å². The van der Waals surface area contributed by atoms with E-state index in [0.717, 1.165) is 18.6 Å². The lowest BCUT2D eigenvalue weighted by Crippen LogP contribution is -2.12. The lowest BCUT2D eigenvalue weighted by Gasteiger charge is -2.24. The summed E-state index contributed by atoms with van der Waals surface area (Å²) in [6.45, 7) is 17.2. The highest BCUT2D eigenvalue weighted by molar-refractivity contribution is 7.20. The molecule has 1 nitrogen and oxygen atoms in total. The van der Waals surface area contributed by atoms with Gasteiger partial charge in [-0.3, -0.25) is 4.99 Å². The van der Waals surface area contributed by atoms with Crippen LogP contribution in [0.25, 0.3) is 15.7 Å². The number of rotatable bonds is 4. The van der Waals surface area contributed by atoms with Gasteiger partial charge in [0.1, 0.15) is 0 Å². The molecule has 136 valence electrons. The van der Waals surface area contributed by atoms with Crippen molar-refractivity contribution < 1.29 is 0 Å². The highest BCUT2D eigenvalue weighted by Crippen LogP contribution is 2.46. The van der Waals surface area contributed by atoms with Gasteiger partial charge in [-0.25, -0.2) is 0 Å². The molecule has 0 saturated heterocycles. The highest BCUT2D eigenvalue weighted by atomic mass is 32.1. The Morgan fingerprint density at radius 2 is 2.04 bits per heavy atom. The minimum absolute atomic E-state index is 0.559. The zero-order chi connectivity index (χ0) is 19.0. The minimum Gasteiger partial charge on any atom is -0.262 e. The second kappa shape index (κ2) is 7.36. The summed E-state index contributed by atoms with van der Waals surface area (Å²) in [5.41, 5.74) is 9.57. The number of allylic oxidation sites excluding steroid dienone is 4. The van der Waals surface area contributed by atoms with E-state index in [1.165, 1.54) is 48.4 Å². The van der Waals surface area contributed by atoms with Gasteiger partial charge in [0.05, 0.1) is 0 Å². The van der Waals surface area contributed by atoms with Crippen LogP contribution >= 0.6 is 11.3 Å². The summed E-state index contributed by atoms with van der Waals surface area (Å²) in [6, 6.07) is 7.03. The third-order valence-corrected chi connectivity index (χ3v) is 6.65. The van der Waals surface area contributed by atoms with Gasteiger partial charge in [-0.05, 0) is 67.7 Å². The fourth-order valence-electron chi connectivity index (χ4n) is 3.86. The molecule has 0 saturated carbocycles. The largest absolute Gasteiger partial charge is 0.262 e. The number of fused-ring (bicyclic) bond motifs is 3. The number of hydrogen-bond donors (Lipinski definition) is 0. The van der Waals surface area contributed by atoms with Gasteiger partial charge in [-0.1, -0.05) is 50.6 Å². The summed E-state index contributed by atoms with van der Waals surface area (Å²) in [7, 11) is 0. The first kappa shape index (κ1) is 18.8. The zero-order valence-electron chi connectivity index (χ0n) is 16.9. The normalized spacial score (nSPS) is 17.1. The summed E-state index contributed by atoms with van der Waals surface area (Å²) < 4.78 is 1.41. The smallest absolute Gasteiger partial charge is 0.0450 e. The monoisotopic (exact) mass is 363 g/mol. The van der Waals surface area contributed by atoms with Crippen molar-refractivity contribution in [2.45, 2.75) is 60.3 Å². The third-order valence-electron chi connectivity index (χ3n) is 5.43. The average Bonchev–Trinajstić information content (AvgIpc) is 2.97. The van der Waals surface area contributed by atoms with Gasteiger partial charge in [-0.15, -0.1) is 11.3 Å². The molecule has 0 atom stereocenters. The average molecular weight is 364 g/mol. The Balaban J connectivity index is 2.30. The Hall–Kier alpha value is -1.93. The molecule has 0 amide bonds. The Labute approximate surface area is 161 Å². The fraction of sp³-hybridized carbons (Fsp3) is 0.375. The summed E-state index contributed by atoms with van der Waals surface area (Å²) in [5.74, 6) is 0.559. The Bertz CT molecular complexity index is 964. The second-order valence-electron chi connectivity index (χ2n) is 7.56. The molecule has 0 bridgehead atoms. The molecule has 0 fully saturated rings. The van der Waals surface area contributed by atoms with Crippen molar-refractivity contribution in [1.82, 2.24) is 0 Å². The molecule has 2 heteroatoms. The van der Waals surface area contributed by atoms with Crippen molar-refractivity contribution in [3.63, 3.8) is 0 Å². The van der Waals surface area contributed by atoms with Gasteiger partial charge in [0, 0.05) is 27.1 Å². The van der Waals surface area contributed by atoms with Crippen molar-refractivity contribution >= 4 is 32.7 Å². The van der Waals surface area contributed by atoms with E-state index in [0.29, 0.717) is 5.92 Å². The number of hydrogen-bond acceptors (Lipinski definition) is 2. The Kier molecular flexibility index (Phi) is 5.34. The van der Waals surface area contributed by atoms with Crippen molar-refractivity contribution in [1.29, 1.82) is 0 Å². The van der Waals surface area contributed by atoms with E-state index < -0.39 is 0 Å². The second-order valence-corrected chi connectivity index (χ2v) is 8.61. The first-order chi connectivity index (χ1) is 12.4. The standard InChI is InChI=1S/C24H29NS/c1-8-15(5)23-22(17(7)25-9-2)16(6)12-20-19-11-10-18(14(3)4)13-21(19)26-24(20)23/h9-11,13-14H,2,8,12H2,1,3-7H3/b23-15-,25-17?. The molecule has 1 heterocycles. The van der Waals surface area contributed by atoms with Crippen molar-refractivity contribution in [2.24, 2.45) is 4.99 Å². The SMILES string of the molecule is C=CN=C(C)C1=C(C)Cc2c(sc3cc(C(C)C)ccc23)/C1=C(/C)CC. The number of thiophene rings is 1. The van der Waals surface area contributed by atoms with Crippen LogP contribution in [-0.2, 0) is 6.42 Å². The number of aliphatic imine (C=N–C) groups is 1. The first-order valence-electron chi connectivity index (χ1n) is 9.50. The molecular weight excluding hydrogens is 334 g/mol. The maximum atomic E-state index is 4.52. The summed E-state index contributed by atoms with van der Waals surface area (Å²) in [6.07, 6.45) is 3.72. The molecule has 3 rings (SSSR count). The van der Waals surface area contributed by atoms with Gasteiger partial charge in [0.15, 0.2) is 0 Å². The number of benzene rings is 1. The van der Waals surface area contributed by atoms with Crippen LogP contribution in [0.1, 0.15) is 69.9 Å². The van der Waals surface area contributed by atoms with Crippen LogP contribution in [0.3, 0.4) is 0 Å². The van der Waals surface area contributed by atoms with E-state index in [1.807, 2.05) is 11.3 Å². The van der Waals surface area contributed by atoms with Crippen LogP contribution in [0, 0.1) is 0 Å². The maximum absolute atomic E-state index is 4.52. The molecule has 2 aromatic rings. The zero-order valence-corrected chi connectivity index (χ0v) is 17.7. The Morgan fingerprint density at radius 3 is 2.65 bits per heavy atom. The third kappa shape index (κ3) is 3.12. The van der Waals surface area contributed by atoms with Crippen molar-refractivity contribution in [3.8, 4) is 0 Å². The summed E-state index contributed by atoms with van der Waals surface area (Å²) >= 11 is 1.95. The molecule has 0 radical (unpaired) electrons. The van der Waals surface area contributed by atoms with Crippen molar-refractivity contribution in [3.05, 3.63) is 63.7 Å². The van der Waals surface area contributed by atoms with Gasteiger partial charge >= 0.3 is 0 Å². The van der Waals surface area contributed by atoms with E-state index in [1.54, 1.807) is 6.20 Å². The molecular formula is C24H29NS. The Morgan fingerprint density at radius 1 is 1.31 bits per heavy atom. The van der Waals surface area contributed by atoms with E-state index >= 15 is 0 Å². The van der Waals surface area contributed by atoms with Crippen molar-refractivity contribution in [2.75, 3.05) is 0 Å². The maximum Gasteiger partial charge on any atom is 0.0450 e. The van der Waals surface area contributed by atoms with E-state index in [4.69, 9.17) is 0 Å². The molecule has 26 heavy (non-hydrogen) atoms. The molecule has 0 spiro atoms. The van der Waals surface area contributed by atoms with Crippen LogP contribution in [0.2, 0.25) is 0 Å². The number of nitrogens with zero attached hydrogens (tertiary/aromatic N) is 1. The van der Waals surface area contributed by atoms with Gasteiger partial charge in [-0.2, -0.15) is 0 Å². The van der Waals surface area contributed by atoms with E-state index in [9.17, 15) is 0 Å². The van der Waals surface area contributed by atoms with Crippen LogP contribution in [-0.4, -0.2) is 5.71 Å². The first-order valence-corrected chi connectivity index (χ1v) is 10.3. The molecule has 0 aliphatic heterocycles. The van der Waals surface area contributed by atoms with Crippen LogP contribution < -0.4 is 0 Å². The topological polar surface area (TPSA) is 12.4 Å². The van der Waals surface area contributed by atoms with Crippen LogP contribution in [0.15, 0.2) is 52.7 Å². The molecule has 0 N–H and O–H groups in total. The van der Waals surface area contributed by atoms with E-state index in [-0.39, 0.29) is 0 Å². The fourth-order valence-corrected chi connectivity index (χ4v) is 5.26. The molecule has 1 aliphatic carbocycles. The van der Waals surface area contributed by atoms with Crippen LogP contribution in [0.5, 0.6) is 0 Å². The molecule has 1 aliphatic rings. The predicted octanol–water partition coefficient (Wildman–Crippen LogP) is 7.69. The molecule has 1 aromatic carbocycles. The van der Waals surface area contributed by atoms with Gasteiger partial charge in [0.2, 0.25) is 0 Å². The summed E-state index contributed by atoms with van der Waals surface area (Å²) in [4.78, 5) is 5.97. The minimum atomic E-state index is 0.559. The highest BCUT2D eigenvalue weighted by Gasteiger charge is 2.27. The lowest BCUT2D eigenvalue weighted by atomic mass is 9.82. The lowest BCUT2D eigenvalue weighted by molar-refractivity contribution is 0.869. The summed E-state index contributed by atoms with van der Waals surface area (Å²) in [5, 5.41) is 1.42. The van der Waals surface area contributed by atoms with Gasteiger partial charge < -0.3 is 0 Å². The predicted molar refractivity (Wildman–Crippen MR) is 119 cm³/mol. The molecule has 1 aromatic heterocycles. The molecule has 0 unspecified atom stereocenters.